The molecule has 0 atom stereocenters. The van der Waals surface area contributed by atoms with Gasteiger partial charge in [0.15, 0.2) is 0 Å². The molecule has 114 valence electrons. The number of nitrogens with one attached hydrogen (secondary N) is 1. The van der Waals surface area contributed by atoms with Crippen LogP contribution in [0.15, 0.2) is 34.7 Å². The molecule has 0 aliphatic carbocycles. The minimum atomic E-state index is 0.0561. The van der Waals surface area contributed by atoms with Crippen molar-refractivity contribution in [2.75, 3.05) is 26.4 Å². The first-order valence-electron chi connectivity index (χ1n) is 6.96. The normalized spacial score (nSPS) is 11.0. The summed E-state index contributed by atoms with van der Waals surface area (Å²) in [5.41, 5.74) is 2.03. The maximum atomic E-state index is 8.58. The number of furan rings is 1. The Hall–Kier alpha value is -1.33. The minimum Gasteiger partial charge on any atom is -0.460 e. The third-order valence-electron chi connectivity index (χ3n) is 3.15. The molecule has 21 heavy (non-hydrogen) atoms. The van der Waals surface area contributed by atoms with Crippen LogP contribution in [-0.4, -0.2) is 31.5 Å². The average Bonchev–Trinajstić information content (AvgIpc) is 2.94. The number of benzene rings is 1. The predicted molar refractivity (Wildman–Crippen MR) is 83.5 cm³/mol. The van der Waals surface area contributed by atoms with Crippen LogP contribution in [0, 0.1) is 6.92 Å². The van der Waals surface area contributed by atoms with Crippen LogP contribution in [-0.2, 0) is 11.3 Å². The van der Waals surface area contributed by atoms with Crippen molar-refractivity contribution in [2.45, 2.75) is 13.5 Å². The number of rotatable bonds is 8. The zero-order valence-electron chi connectivity index (χ0n) is 12.1. The van der Waals surface area contributed by atoms with Crippen molar-refractivity contribution >= 4 is 11.6 Å². The molecule has 0 radical (unpaired) electrons. The number of hydrogen-bond acceptors (Lipinski definition) is 4. The van der Waals surface area contributed by atoms with E-state index in [1.54, 1.807) is 0 Å². The second-order valence-corrected chi connectivity index (χ2v) is 5.10. The van der Waals surface area contributed by atoms with Crippen LogP contribution in [0.25, 0.3) is 11.3 Å². The Balaban J connectivity index is 1.88. The molecule has 0 amide bonds. The third-order valence-corrected chi connectivity index (χ3v) is 3.56. The highest BCUT2D eigenvalue weighted by Crippen LogP contribution is 2.29. The van der Waals surface area contributed by atoms with Gasteiger partial charge in [-0.15, -0.1) is 0 Å². The van der Waals surface area contributed by atoms with E-state index in [1.165, 1.54) is 0 Å². The van der Waals surface area contributed by atoms with E-state index in [1.807, 2.05) is 37.3 Å². The van der Waals surface area contributed by atoms with Gasteiger partial charge in [0.1, 0.15) is 11.5 Å². The molecule has 0 bridgehead atoms. The molecular weight excluding hydrogens is 290 g/mol. The number of aliphatic hydroxyl groups excluding tert-OH is 1. The second kappa shape index (κ2) is 8.20. The van der Waals surface area contributed by atoms with Gasteiger partial charge < -0.3 is 19.6 Å². The summed E-state index contributed by atoms with van der Waals surface area (Å²) < 4.78 is 11.0. The summed E-state index contributed by atoms with van der Waals surface area (Å²) in [7, 11) is 0. The molecule has 0 aliphatic heterocycles. The molecule has 0 saturated carbocycles. The summed E-state index contributed by atoms with van der Waals surface area (Å²) in [4.78, 5) is 0. The topological polar surface area (TPSA) is 54.6 Å². The molecule has 1 aromatic carbocycles. The number of ether oxygens (including phenoxy) is 1. The van der Waals surface area contributed by atoms with Crippen molar-refractivity contribution in [2.24, 2.45) is 0 Å². The highest BCUT2D eigenvalue weighted by atomic mass is 35.5. The first kappa shape index (κ1) is 16.0. The Morgan fingerprint density at radius 1 is 1.24 bits per heavy atom. The van der Waals surface area contributed by atoms with Crippen LogP contribution in [0.5, 0.6) is 0 Å². The molecule has 0 unspecified atom stereocenters. The third kappa shape index (κ3) is 4.58. The quantitative estimate of drug-likeness (QED) is 0.736. The lowest BCUT2D eigenvalue weighted by atomic mass is 10.1. The van der Waals surface area contributed by atoms with Crippen LogP contribution in [0.1, 0.15) is 11.3 Å². The van der Waals surface area contributed by atoms with E-state index in [9.17, 15) is 0 Å². The number of halogens is 1. The number of hydrogen-bond donors (Lipinski definition) is 2. The van der Waals surface area contributed by atoms with Crippen molar-refractivity contribution < 1.29 is 14.3 Å². The highest BCUT2D eigenvalue weighted by Gasteiger charge is 2.09. The van der Waals surface area contributed by atoms with Gasteiger partial charge in [-0.2, -0.15) is 0 Å². The molecule has 1 heterocycles. The van der Waals surface area contributed by atoms with Crippen molar-refractivity contribution in [1.82, 2.24) is 5.32 Å². The van der Waals surface area contributed by atoms with Crippen LogP contribution in [0.3, 0.4) is 0 Å². The van der Waals surface area contributed by atoms with Gasteiger partial charge >= 0.3 is 0 Å². The Morgan fingerprint density at radius 3 is 2.90 bits per heavy atom. The Labute approximate surface area is 129 Å². The van der Waals surface area contributed by atoms with Gasteiger partial charge in [-0.1, -0.05) is 23.7 Å². The average molecular weight is 310 g/mol. The van der Waals surface area contributed by atoms with Crippen LogP contribution < -0.4 is 5.32 Å². The first-order valence-corrected chi connectivity index (χ1v) is 7.33. The lowest BCUT2D eigenvalue weighted by molar-refractivity contribution is 0.0936. The largest absolute Gasteiger partial charge is 0.460 e. The Morgan fingerprint density at radius 2 is 2.10 bits per heavy atom. The molecular formula is C16H20ClNO3. The van der Waals surface area contributed by atoms with Crippen molar-refractivity contribution in [3.8, 4) is 11.3 Å². The van der Waals surface area contributed by atoms with Gasteiger partial charge in [0, 0.05) is 17.1 Å². The summed E-state index contributed by atoms with van der Waals surface area (Å²) in [6.07, 6.45) is 0. The van der Waals surface area contributed by atoms with E-state index in [2.05, 4.69) is 5.32 Å². The van der Waals surface area contributed by atoms with E-state index in [-0.39, 0.29) is 6.61 Å². The van der Waals surface area contributed by atoms with Gasteiger partial charge in [0.2, 0.25) is 0 Å². The smallest absolute Gasteiger partial charge is 0.134 e. The summed E-state index contributed by atoms with van der Waals surface area (Å²) >= 11 is 6.13. The van der Waals surface area contributed by atoms with Crippen LogP contribution in [0.4, 0.5) is 0 Å². The molecule has 2 rings (SSSR count). The molecule has 0 aliphatic rings. The van der Waals surface area contributed by atoms with Gasteiger partial charge in [0.05, 0.1) is 26.4 Å². The van der Waals surface area contributed by atoms with Gasteiger partial charge in [-0.3, -0.25) is 0 Å². The Kier molecular flexibility index (Phi) is 6.26. The first-order chi connectivity index (χ1) is 10.2. The maximum Gasteiger partial charge on any atom is 0.134 e. The van der Waals surface area contributed by atoms with Crippen LogP contribution >= 0.6 is 11.6 Å². The summed E-state index contributed by atoms with van der Waals surface area (Å²) in [5, 5.41) is 12.5. The molecule has 2 aromatic rings. The fourth-order valence-electron chi connectivity index (χ4n) is 2.01. The molecule has 1 aromatic heterocycles. The minimum absolute atomic E-state index is 0.0561. The fraction of sp³-hybridized carbons (Fsp3) is 0.375. The van der Waals surface area contributed by atoms with Crippen molar-refractivity contribution in [3.63, 3.8) is 0 Å². The molecule has 0 fully saturated rings. The lowest BCUT2D eigenvalue weighted by Gasteiger charge is -2.05. The second-order valence-electron chi connectivity index (χ2n) is 4.69. The Bertz CT molecular complexity index is 568. The SMILES string of the molecule is Cc1c(Cl)cccc1-c1ccc(CNCCOCCO)o1. The summed E-state index contributed by atoms with van der Waals surface area (Å²) in [6, 6.07) is 9.71. The van der Waals surface area contributed by atoms with Gasteiger partial charge in [0.25, 0.3) is 0 Å². The summed E-state index contributed by atoms with van der Waals surface area (Å²) in [5.74, 6) is 1.69. The highest BCUT2D eigenvalue weighted by molar-refractivity contribution is 6.31. The zero-order valence-corrected chi connectivity index (χ0v) is 12.8. The van der Waals surface area contributed by atoms with Gasteiger partial charge in [-0.25, -0.2) is 0 Å². The molecule has 0 saturated heterocycles. The van der Waals surface area contributed by atoms with Crippen LogP contribution in [0.2, 0.25) is 5.02 Å². The molecule has 4 nitrogen and oxygen atoms in total. The maximum absolute atomic E-state index is 8.58. The zero-order chi connectivity index (χ0) is 15.1. The van der Waals surface area contributed by atoms with Gasteiger partial charge in [-0.05, 0) is 30.7 Å². The van der Waals surface area contributed by atoms with Crippen molar-refractivity contribution in [1.29, 1.82) is 0 Å². The summed E-state index contributed by atoms with van der Waals surface area (Å²) in [6.45, 7) is 4.34. The van der Waals surface area contributed by atoms with E-state index in [4.69, 9.17) is 25.9 Å². The molecule has 0 spiro atoms. The van der Waals surface area contributed by atoms with Crippen molar-refractivity contribution in [3.05, 3.63) is 46.7 Å². The fourth-order valence-corrected chi connectivity index (χ4v) is 2.19. The van der Waals surface area contributed by atoms with E-state index in [0.717, 1.165) is 27.7 Å². The lowest BCUT2D eigenvalue weighted by Crippen LogP contribution is -2.19. The molecule has 5 heteroatoms. The van der Waals surface area contributed by atoms with E-state index >= 15 is 0 Å². The van der Waals surface area contributed by atoms with E-state index < -0.39 is 0 Å². The molecule has 2 N–H and O–H groups in total. The monoisotopic (exact) mass is 309 g/mol. The standard InChI is InChI=1S/C16H20ClNO3/c1-12-14(3-2-4-15(12)17)16-6-5-13(21-16)11-18-7-9-20-10-8-19/h2-6,18-19H,7-11H2,1H3. The van der Waals surface area contributed by atoms with E-state index in [0.29, 0.717) is 26.3 Å². The predicted octanol–water partition coefficient (Wildman–Crippen LogP) is 3.01. The number of aliphatic hydroxyl groups is 1.